The summed E-state index contributed by atoms with van der Waals surface area (Å²) in [6.45, 7) is 0. The van der Waals surface area contributed by atoms with E-state index < -0.39 is 11.8 Å². The van der Waals surface area contributed by atoms with Crippen LogP contribution in [0.5, 0.6) is 23.0 Å². The number of aromatic nitrogens is 1. The summed E-state index contributed by atoms with van der Waals surface area (Å²) < 4.78 is 30.0. The standard InChI is InChI=1S/C24H20FN3O4/c1-30-22-13-19-20(14-23(22)31-2)27-12-11-21(19)32-18-9-7-17(8-10-18)28(24(26)29)16-5-3-15(25)4-6-16/h3-14H,1-2H3,(H2,26,29). The summed E-state index contributed by atoms with van der Waals surface area (Å²) in [6.07, 6.45) is 1.64. The van der Waals surface area contributed by atoms with Crippen LogP contribution in [0.15, 0.2) is 72.9 Å². The molecule has 0 aliphatic heterocycles. The predicted octanol–water partition coefficient (Wildman–Crippen LogP) is 5.40. The number of benzene rings is 3. The normalized spacial score (nSPS) is 10.6. The number of methoxy groups -OCH3 is 2. The van der Waals surface area contributed by atoms with Gasteiger partial charge in [-0.2, -0.15) is 0 Å². The van der Waals surface area contributed by atoms with Gasteiger partial charge in [0, 0.05) is 17.6 Å². The maximum atomic E-state index is 13.2. The summed E-state index contributed by atoms with van der Waals surface area (Å²) in [4.78, 5) is 17.7. The quantitative estimate of drug-likeness (QED) is 0.440. The number of primary amides is 1. The average Bonchev–Trinajstić information content (AvgIpc) is 2.80. The van der Waals surface area contributed by atoms with Crippen molar-refractivity contribution < 1.29 is 23.4 Å². The number of amides is 2. The van der Waals surface area contributed by atoms with Crippen molar-refractivity contribution in [2.75, 3.05) is 19.1 Å². The highest BCUT2D eigenvalue weighted by molar-refractivity contribution is 5.98. The first-order valence-electron chi connectivity index (χ1n) is 9.64. The Morgan fingerprint density at radius 1 is 0.875 bits per heavy atom. The third kappa shape index (κ3) is 4.11. The number of fused-ring (bicyclic) bond motifs is 1. The number of hydrogen-bond donors (Lipinski definition) is 1. The fourth-order valence-electron chi connectivity index (χ4n) is 3.32. The van der Waals surface area contributed by atoms with Gasteiger partial charge in [-0.25, -0.2) is 9.18 Å². The molecule has 7 nitrogen and oxygen atoms in total. The number of hydrogen-bond acceptors (Lipinski definition) is 5. The molecule has 8 heteroatoms. The van der Waals surface area contributed by atoms with E-state index in [1.165, 1.54) is 29.2 Å². The van der Waals surface area contributed by atoms with E-state index in [0.717, 1.165) is 5.39 Å². The fraction of sp³-hybridized carbons (Fsp3) is 0.0833. The second kappa shape index (κ2) is 8.81. The van der Waals surface area contributed by atoms with Crippen molar-refractivity contribution in [2.45, 2.75) is 0 Å². The van der Waals surface area contributed by atoms with Gasteiger partial charge < -0.3 is 19.9 Å². The molecule has 0 radical (unpaired) electrons. The second-order valence-electron chi connectivity index (χ2n) is 6.78. The number of carbonyl (C=O) groups excluding carboxylic acids is 1. The molecule has 0 spiro atoms. The Bertz CT molecular complexity index is 1260. The molecule has 0 aliphatic rings. The Morgan fingerprint density at radius 3 is 2.06 bits per heavy atom. The van der Waals surface area contributed by atoms with Crippen LogP contribution in [-0.4, -0.2) is 25.2 Å². The average molecular weight is 433 g/mol. The van der Waals surface area contributed by atoms with Crippen LogP contribution in [0.4, 0.5) is 20.6 Å². The van der Waals surface area contributed by atoms with Gasteiger partial charge in [-0.3, -0.25) is 9.88 Å². The monoisotopic (exact) mass is 433 g/mol. The first-order chi connectivity index (χ1) is 15.5. The molecule has 1 aromatic heterocycles. The number of urea groups is 1. The van der Waals surface area contributed by atoms with E-state index in [9.17, 15) is 9.18 Å². The van der Waals surface area contributed by atoms with Gasteiger partial charge in [-0.1, -0.05) is 0 Å². The molecule has 0 saturated carbocycles. The van der Waals surface area contributed by atoms with Gasteiger partial charge in [-0.15, -0.1) is 0 Å². The molecule has 4 aromatic rings. The number of ether oxygens (including phenoxy) is 3. The van der Waals surface area contributed by atoms with E-state index in [4.69, 9.17) is 19.9 Å². The molecule has 3 aromatic carbocycles. The van der Waals surface area contributed by atoms with Gasteiger partial charge >= 0.3 is 6.03 Å². The largest absolute Gasteiger partial charge is 0.493 e. The zero-order valence-electron chi connectivity index (χ0n) is 17.4. The topological polar surface area (TPSA) is 86.9 Å². The molecule has 0 saturated heterocycles. The van der Waals surface area contributed by atoms with Crippen molar-refractivity contribution in [3.63, 3.8) is 0 Å². The summed E-state index contributed by atoms with van der Waals surface area (Å²) in [6, 6.07) is 16.9. The van der Waals surface area contributed by atoms with Crippen molar-refractivity contribution >= 4 is 28.3 Å². The number of pyridine rings is 1. The summed E-state index contributed by atoms with van der Waals surface area (Å²) in [5, 5.41) is 0.749. The van der Waals surface area contributed by atoms with Gasteiger partial charge in [0.25, 0.3) is 0 Å². The Balaban J connectivity index is 1.64. The van der Waals surface area contributed by atoms with E-state index in [0.29, 0.717) is 39.9 Å². The first-order valence-corrected chi connectivity index (χ1v) is 9.64. The number of carbonyl (C=O) groups is 1. The predicted molar refractivity (Wildman–Crippen MR) is 119 cm³/mol. The first kappa shape index (κ1) is 20.9. The molecule has 0 atom stereocenters. The van der Waals surface area contributed by atoms with Gasteiger partial charge in [0.05, 0.1) is 31.1 Å². The van der Waals surface area contributed by atoms with Gasteiger partial charge in [-0.05, 0) is 60.7 Å². The zero-order chi connectivity index (χ0) is 22.7. The lowest BCUT2D eigenvalue weighted by Gasteiger charge is -2.21. The maximum absolute atomic E-state index is 13.2. The van der Waals surface area contributed by atoms with E-state index in [-0.39, 0.29) is 0 Å². The number of halogens is 1. The van der Waals surface area contributed by atoms with Gasteiger partial charge in [0.2, 0.25) is 0 Å². The van der Waals surface area contributed by atoms with Crippen LogP contribution in [0.3, 0.4) is 0 Å². The number of rotatable bonds is 6. The van der Waals surface area contributed by atoms with Crippen LogP contribution in [0.25, 0.3) is 10.9 Å². The zero-order valence-corrected chi connectivity index (χ0v) is 17.4. The summed E-state index contributed by atoms with van der Waals surface area (Å²) in [7, 11) is 3.12. The second-order valence-corrected chi connectivity index (χ2v) is 6.78. The van der Waals surface area contributed by atoms with E-state index in [1.807, 2.05) is 0 Å². The minimum atomic E-state index is -0.688. The lowest BCUT2D eigenvalue weighted by molar-refractivity contribution is 0.256. The van der Waals surface area contributed by atoms with Crippen molar-refractivity contribution in [1.29, 1.82) is 0 Å². The number of nitrogens with two attached hydrogens (primary N) is 1. The summed E-state index contributed by atoms with van der Waals surface area (Å²) >= 11 is 0. The molecule has 32 heavy (non-hydrogen) atoms. The lowest BCUT2D eigenvalue weighted by atomic mass is 10.1. The van der Waals surface area contributed by atoms with Crippen LogP contribution in [-0.2, 0) is 0 Å². The maximum Gasteiger partial charge on any atom is 0.323 e. The molecule has 0 fully saturated rings. The van der Waals surface area contributed by atoms with Crippen LogP contribution >= 0.6 is 0 Å². The van der Waals surface area contributed by atoms with Gasteiger partial charge in [0.1, 0.15) is 17.3 Å². The minimum Gasteiger partial charge on any atom is -0.493 e. The molecule has 2 amide bonds. The third-order valence-corrected chi connectivity index (χ3v) is 4.83. The fourth-order valence-corrected chi connectivity index (χ4v) is 3.32. The molecule has 4 rings (SSSR count). The van der Waals surface area contributed by atoms with E-state index >= 15 is 0 Å². The number of anilines is 2. The Hall–Kier alpha value is -4.33. The minimum absolute atomic E-state index is 0.402. The molecule has 2 N–H and O–H groups in total. The molecule has 0 aliphatic carbocycles. The van der Waals surface area contributed by atoms with Crippen molar-refractivity contribution in [3.8, 4) is 23.0 Å². The summed E-state index contributed by atoms with van der Waals surface area (Å²) in [5.41, 5.74) is 7.20. The van der Waals surface area contributed by atoms with Crippen molar-refractivity contribution in [3.05, 3.63) is 78.7 Å². The van der Waals surface area contributed by atoms with Crippen molar-refractivity contribution in [1.82, 2.24) is 4.98 Å². The van der Waals surface area contributed by atoms with Crippen molar-refractivity contribution in [2.24, 2.45) is 5.73 Å². The Kier molecular flexibility index (Phi) is 5.76. The Labute approximate surface area is 183 Å². The van der Waals surface area contributed by atoms with Crippen LogP contribution in [0, 0.1) is 5.82 Å². The smallest absolute Gasteiger partial charge is 0.323 e. The Morgan fingerprint density at radius 2 is 1.47 bits per heavy atom. The number of nitrogens with zero attached hydrogens (tertiary/aromatic N) is 2. The van der Waals surface area contributed by atoms with Crippen LogP contribution in [0.1, 0.15) is 0 Å². The third-order valence-electron chi connectivity index (χ3n) is 4.83. The summed E-state index contributed by atoms with van der Waals surface area (Å²) in [5.74, 6) is 1.85. The van der Waals surface area contributed by atoms with Crippen LogP contribution < -0.4 is 24.8 Å². The molecular formula is C24H20FN3O4. The highest BCUT2D eigenvalue weighted by atomic mass is 19.1. The lowest BCUT2D eigenvalue weighted by Crippen LogP contribution is -2.31. The van der Waals surface area contributed by atoms with Crippen LogP contribution in [0.2, 0.25) is 0 Å². The molecule has 0 unspecified atom stereocenters. The van der Waals surface area contributed by atoms with E-state index in [2.05, 4.69) is 4.98 Å². The van der Waals surface area contributed by atoms with E-state index in [1.54, 1.807) is 62.9 Å². The highest BCUT2D eigenvalue weighted by Gasteiger charge is 2.16. The highest BCUT2D eigenvalue weighted by Crippen LogP contribution is 2.37. The molecule has 0 bridgehead atoms. The molecule has 162 valence electrons. The van der Waals surface area contributed by atoms with Gasteiger partial charge in [0.15, 0.2) is 11.5 Å². The SMILES string of the molecule is COc1cc2nccc(Oc3ccc(N(C(N)=O)c4ccc(F)cc4)cc3)c2cc1OC. The molecular weight excluding hydrogens is 413 g/mol. The molecule has 1 heterocycles.